The molecule has 142 valence electrons. The second-order valence-electron chi connectivity index (χ2n) is 6.37. The molecule has 1 unspecified atom stereocenters. The molecule has 0 aliphatic heterocycles. The highest BCUT2D eigenvalue weighted by atomic mass is 19.4. The number of aromatic nitrogens is 2. The van der Waals surface area contributed by atoms with E-state index in [1.54, 1.807) is 23.0 Å². The van der Waals surface area contributed by atoms with Crippen LogP contribution in [0.3, 0.4) is 0 Å². The van der Waals surface area contributed by atoms with Crippen LogP contribution in [0.15, 0.2) is 54.7 Å². The smallest absolute Gasteiger partial charge is 0.306 e. The first-order valence-corrected chi connectivity index (χ1v) is 8.45. The fourth-order valence-electron chi connectivity index (χ4n) is 2.91. The number of hydrogen-bond acceptors (Lipinski definition) is 2. The third-order valence-corrected chi connectivity index (χ3v) is 4.46. The van der Waals surface area contributed by atoms with E-state index in [0.29, 0.717) is 12.2 Å². The molecular formula is C20H19F4N3. The number of rotatable bonds is 5. The zero-order chi connectivity index (χ0) is 19.6. The van der Waals surface area contributed by atoms with Crippen molar-refractivity contribution in [1.29, 1.82) is 0 Å². The van der Waals surface area contributed by atoms with Gasteiger partial charge >= 0.3 is 6.18 Å². The Hall–Kier alpha value is -2.67. The molecule has 0 fully saturated rings. The molecule has 1 aromatic heterocycles. The topological polar surface area (TPSA) is 29.9 Å². The molecule has 0 amide bonds. The van der Waals surface area contributed by atoms with Crippen molar-refractivity contribution in [3.8, 4) is 5.69 Å². The number of nitrogens with zero attached hydrogens (tertiary/aromatic N) is 2. The average Bonchev–Trinajstić information content (AvgIpc) is 3.01. The lowest BCUT2D eigenvalue weighted by Crippen LogP contribution is -2.19. The second-order valence-corrected chi connectivity index (χ2v) is 6.37. The van der Waals surface area contributed by atoms with Crippen molar-refractivity contribution in [3.63, 3.8) is 0 Å². The van der Waals surface area contributed by atoms with Crippen LogP contribution >= 0.6 is 0 Å². The molecule has 7 heteroatoms. The predicted octanol–water partition coefficient (Wildman–Crippen LogP) is 5.19. The van der Waals surface area contributed by atoms with Crippen LogP contribution in [-0.4, -0.2) is 9.78 Å². The summed E-state index contributed by atoms with van der Waals surface area (Å²) in [5.74, 6) is -0.336. The van der Waals surface area contributed by atoms with Crippen LogP contribution in [0, 0.1) is 12.7 Å². The number of nitrogens with one attached hydrogen (secondary N) is 1. The Morgan fingerprint density at radius 3 is 2.44 bits per heavy atom. The molecule has 3 nitrogen and oxygen atoms in total. The van der Waals surface area contributed by atoms with Gasteiger partial charge in [0.25, 0.3) is 0 Å². The third kappa shape index (κ3) is 4.36. The van der Waals surface area contributed by atoms with E-state index in [1.807, 2.05) is 13.8 Å². The summed E-state index contributed by atoms with van der Waals surface area (Å²) in [7, 11) is 0. The van der Waals surface area contributed by atoms with Crippen molar-refractivity contribution in [2.24, 2.45) is 0 Å². The molecule has 3 aromatic rings. The Morgan fingerprint density at radius 2 is 1.81 bits per heavy atom. The van der Waals surface area contributed by atoms with Gasteiger partial charge in [0.1, 0.15) is 5.82 Å². The van der Waals surface area contributed by atoms with Gasteiger partial charge in [-0.25, -0.2) is 9.07 Å². The average molecular weight is 377 g/mol. The van der Waals surface area contributed by atoms with E-state index in [-0.39, 0.29) is 11.9 Å². The molecular weight excluding hydrogens is 358 g/mol. The van der Waals surface area contributed by atoms with Gasteiger partial charge in [0, 0.05) is 23.8 Å². The van der Waals surface area contributed by atoms with E-state index < -0.39 is 11.7 Å². The summed E-state index contributed by atoms with van der Waals surface area (Å²) >= 11 is 0. The number of benzene rings is 2. The first-order valence-electron chi connectivity index (χ1n) is 8.45. The minimum Gasteiger partial charge on any atom is -0.306 e. The molecule has 0 radical (unpaired) electrons. The van der Waals surface area contributed by atoms with Gasteiger partial charge in [-0.3, -0.25) is 0 Å². The molecule has 0 spiro atoms. The van der Waals surface area contributed by atoms with Gasteiger partial charge in [-0.1, -0.05) is 18.2 Å². The molecule has 3 rings (SSSR count). The largest absolute Gasteiger partial charge is 0.416 e. The lowest BCUT2D eigenvalue weighted by molar-refractivity contribution is -0.137. The molecule has 1 heterocycles. The van der Waals surface area contributed by atoms with Gasteiger partial charge in [-0.15, -0.1) is 0 Å². The van der Waals surface area contributed by atoms with E-state index in [1.165, 1.54) is 24.3 Å². The zero-order valence-electron chi connectivity index (χ0n) is 14.9. The molecule has 27 heavy (non-hydrogen) atoms. The molecule has 0 saturated carbocycles. The van der Waals surface area contributed by atoms with Crippen molar-refractivity contribution in [3.05, 3.63) is 82.9 Å². The third-order valence-electron chi connectivity index (χ3n) is 4.46. The minimum absolute atomic E-state index is 0.0744. The van der Waals surface area contributed by atoms with Crippen LogP contribution < -0.4 is 5.32 Å². The summed E-state index contributed by atoms with van der Waals surface area (Å²) in [6, 6.07) is 11.2. The summed E-state index contributed by atoms with van der Waals surface area (Å²) in [5.41, 5.74) is 2.53. The molecule has 0 aliphatic carbocycles. The highest BCUT2D eigenvalue weighted by Gasteiger charge is 2.29. The van der Waals surface area contributed by atoms with Gasteiger partial charge in [0.05, 0.1) is 17.4 Å². The number of halogens is 4. The molecule has 1 N–H and O–H groups in total. The van der Waals surface area contributed by atoms with Crippen LogP contribution in [0.1, 0.15) is 35.3 Å². The van der Waals surface area contributed by atoms with Crippen LogP contribution in [-0.2, 0) is 12.7 Å². The second kappa shape index (κ2) is 7.52. The normalized spacial score (nSPS) is 13.0. The fourth-order valence-corrected chi connectivity index (χ4v) is 2.91. The summed E-state index contributed by atoms with van der Waals surface area (Å²) < 4.78 is 53.0. The molecule has 1 atom stereocenters. The van der Waals surface area contributed by atoms with E-state index in [4.69, 9.17) is 0 Å². The molecule has 0 bridgehead atoms. The molecule has 2 aromatic carbocycles. The Balaban J connectivity index is 1.69. The van der Waals surface area contributed by atoms with Gasteiger partial charge < -0.3 is 5.32 Å². The van der Waals surface area contributed by atoms with Crippen molar-refractivity contribution < 1.29 is 17.6 Å². The predicted molar refractivity (Wildman–Crippen MR) is 95.0 cm³/mol. The lowest BCUT2D eigenvalue weighted by Gasteiger charge is -2.15. The van der Waals surface area contributed by atoms with Gasteiger partial charge in [0.15, 0.2) is 0 Å². The summed E-state index contributed by atoms with van der Waals surface area (Å²) in [4.78, 5) is 0. The standard InChI is InChI=1S/C20H19F4N3/c1-13(25-11-15-6-8-16(9-7-15)20(22,23)24)19-12-26-27(14(19)2)18-5-3-4-17(21)10-18/h3-10,12-13,25H,11H2,1-2H3. The maximum absolute atomic E-state index is 13.4. The van der Waals surface area contributed by atoms with Crippen molar-refractivity contribution in [2.75, 3.05) is 0 Å². The Morgan fingerprint density at radius 1 is 1.11 bits per heavy atom. The summed E-state index contributed by atoms with van der Waals surface area (Å²) in [6.07, 6.45) is -2.62. The van der Waals surface area contributed by atoms with Crippen molar-refractivity contribution in [1.82, 2.24) is 15.1 Å². The first kappa shape index (κ1) is 19.1. The number of alkyl halides is 3. The monoisotopic (exact) mass is 377 g/mol. The van der Waals surface area contributed by atoms with Crippen molar-refractivity contribution >= 4 is 0 Å². The van der Waals surface area contributed by atoms with E-state index in [0.717, 1.165) is 29.0 Å². The minimum atomic E-state index is -4.33. The Labute approximate surface area is 154 Å². The van der Waals surface area contributed by atoms with Crippen LogP contribution in [0.2, 0.25) is 0 Å². The van der Waals surface area contributed by atoms with Gasteiger partial charge in [-0.2, -0.15) is 18.3 Å². The lowest BCUT2D eigenvalue weighted by atomic mass is 10.1. The van der Waals surface area contributed by atoms with Gasteiger partial charge in [0.2, 0.25) is 0 Å². The first-order chi connectivity index (χ1) is 12.8. The zero-order valence-corrected chi connectivity index (χ0v) is 14.9. The maximum atomic E-state index is 13.4. The van der Waals surface area contributed by atoms with Crippen LogP contribution in [0.4, 0.5) is 17.6 Å². The molecule has 0 saturated heterocycles. The highest BCUT2D eigenvalue weighted by molar-refractivity contribution is 5.36. The van der Waals surface area contributed by atoms with Gasteiger partial charge in [-0.05, 0) is 49.7 Å². The SMILES string of the molecule is Cc1c(C(C)NCc2ccc(C(F)(F)F)cc2)cnn1-c1cccc(F)c1. The number of hydrogen-bond donors (Lipinski definition) is 1. The van der Waals surface area contributed by atoms with E-state index >= 15 is 0 Å². The van der Waals surface area contributed by atoms with E-state index in [9.17, 15) is 17.6 Å². The van der Waals surface area contributed by atoms with E-state index in [2.05, 4.69) is 10.4 Å². The highest BCUT2D eigenvalue weighted by Crippen LogP contribution is 2.29. The van der Waals surface area contributed by atoms with Crippen molar-refractivity contribution in [2.45, 2.75) is 32.6 Å². The summed E-state index contributed by atoms with van der Waals surface area (Å²) in [6.45, 7) is 4.26. The molecule has 0 aliphatic rings. The summed E-state index contributed by atoms with van der Waals surface area (Å²) in [5, 5.41) is 7.61. The fraction of sp³-hybridized carbons (Fsp3) is 0.250. The van der Waals surface area contributed by atoms with Crippen LogP contribution in [0.25, 0.3) is 5.69 Å². The Kier molecular flexibility index (Phi) is 5.32. The quantitative estimate of drug-likeness (QED) is 0.620. The Bertz CT molecular complexity index is 914. The van der Waals surface area contributed by atoms with Crippen LogP contribution in [0.5, 0.6) is 0 Å². The maximum Gasteiger partial charge on any atom is 0.416 e.